The van der Waals surface area contributed by atoms with E-state index in [1.807, 2.05) is 30.3 Å². The summed E-state index contributed by atoms with van der Waals surface area (Å²) in [5.74, 6) is -0.164. The third kappa shape index (κ3) is 6.97. The van der Waals surface area contributed by atoms with Crippen LogP contribution in [-0.2, 0) is 21.8 Å². The molecule has 32 heavy (non-hydrogen) atoms. The van der Waals surface area contributed by atoms with E-state index < -0.39 is 6.04 Å². The number of benzene rings is 2. The number of rotatable bonds is 10. The highest BCUT2D eigenvalue weighted by atomic mass is 35.5. The maximum Gasteiger partial charge on any atom is 0.242 e. The number of amides is 2. The third-order valence-electron chi connectivity index (χ3n) is 5.89. The van der Waals surface area contributed by atoms with E-state index in [0.717, 1.165) is 31.2 Å². The molecule has 0 radical (unpaired) electrons. The summed E-state index contributed by atoms with van der Waals surface area (Å²) >= 11 is 7.40. The van der Waals surface area contributed by atoms with E-state index in [1.165, 1.54) is 17.8 Å². The summed E-state index contributed by atoms with van der Waals surface area (Å²) in [4.78, 5) is 27.6. The summed E-state index contributed by atoms with van der Waals surface area (Å²) < 4.78 is 14.0. The Labute approximate surface area is 198 Å². The van der Waals surface area contributed by atoms with Crippen LogP contribution in [0.5, 0.6) is 0 Å². The molecule has 2 aromatic carbocycles. The largest absolute Gasteiger partial charge is 0.352 e. The average molecular weight is 477 g/mol. The van der Waals surface area contributed by atoms with Crippen molar-refractivity contribution < 1.29 is 14.0 Å². The zero-order valence-corrected chi connectivity index (χ0v) is 19.9. The predicted molar refractivity (Wildman–Crippen MR) is 129 cm³/mol. The molecule has 3 rings (SSSR count). The normalized spacial score (nSPS) is 14.8. The first-order valence-electron chi connectivity index (χ1n) is 11.1. The van der Waals surface area contributed by atoms with Crippen LogP contribution in [0.2, 0.25) is 5.02 Å². The van der Waals surface area contributed by atoms with Crippen molar-refractivity contribution in [2.75, 3.05) is 12.3 Å². The second kappa shape index (κ2) is 12.3. The van der Waals surface area contributed by atoms with E-state index in [9.17, 15) is 14.0 Å². The van der Waals surface area contributed by atoms with Crippen LogP contribution in [0.4, 0.5) is 4.39 Å². The minimum absolute atomic E-state index is 0.111. The van der Waals surface area contributed by atoms with Crippen molar-refractivity contribution in [2.45, 2.75) is 56.9 Å². The van der Waals surface area contributed by atoms with Gasteiger partial charge < -0.3 is 10.2 Å². The molecular weight excluding hydrogens is 447 g/mol. The minimum atomic E-state index is -0.565. The third-order valence-corrected chi connectivity index (χ3v) is 7.18. The minimum Gasteiger partial charge on any atom is -0.352 e. The molecule has 172 valence electrons. The van der Waals surface area contributed by atoms with Crippen LogP contribution in [0.1, 0.15) is 43.7 Å². The maximum absolute atomic E-state index is 14.0. The molecule has 1 aliphatic carbocycles. The number of carbonyl (C=O) groups is 2. The Morgan fingerprint density at radius 2 is 1.88 bits per heavy atom. The number of hydrogen-bond donors (Lipinski definition) is 1. The molecule has 0 aliphatic heterocycles. The lowest BCUT2D eigenvalue weighted by Gasteiger charge is -2.29. The SMILES string of the molecule is C[C@@H](C(=O)NC1CCCC1)N(CCc1ccccc1)C(=O)CSCc1c(F)cccc1Cl. The number of halogens is 2. The van der Waals surface area contributed by atoms with E-state index in [0.29, 0.717) is 29.3 Å². The fourth-order valence-electron chi connectivity index (χ4n) is 3.96. The van der Waals surface area contributed by atoms with Gasteiger partial charge in [0.15, 0.2) is 0 Å². The molecule has 7 heteroatoms. The molecular formula is C25H30ClFN2O2S. The van der Waals surface area contributed by atoms with Crippen LogP contribution < -0.4 is 5.32 Å². The van der Waals surface area contributed by atoms with Gasteiger partial charge in [0, 0.05) is 28.9 Å². The van der Waals surface area contributed by atoms with Crippen LogP contribution in [0.15, 0.2) is 48.5 Å². The lowest BCUT2D eigenvalue weighted by Crippen LogP contribution is -2.51. The highest BCUT2D eigenvalue weighted by molar-refractivity contribution is 7.99. The Bertz CT molecular complexity index is 886. The van der Waals surface area contributed by atoms with Gasteiger partial charge in [-0.2, -0.15) is 0 Å². The summed E-state index contributed by atoms with van der Waals surface area (Å²) in [6.07, 6.45) is 4.92. The fourth-order valence-corrected chi connectivity index (χ4v) is 5.20. The molecule has 0 bridgehead atoms. The Kier molecular flexibility index (Phi) is 9.42. The Balaban J connectivity index is 1.62. The van der Waals surface area contributed by atoms with Crippen molar-refractivity contribution in [1.29, 1.82) is 0 Å². The van der Waals surface area contributed by atoms with Gasteiger partial charge in [-0.15, -0.1) is 11.8 Å². The number of nitrogens with one attached hydrogen (secondary N) is 1. The van der Waals surface area contributed by atoms with Crippen LogP contribution in [-0.4, -0.2) is 41.1 Å². The lowest BCUT2D eigenvalue weighted by molar-refractivity contribution is -0.138. The number of carbonyl (C=O) groups excluding carboxylic acids is 2. The molecule has 2 aromatic rings. The molecule has 4 nitrogen and oxygen atoms in total. The standard InChI is InChI=1S/C25H30ClFN2O2S/c1-18(25(31)28-20-10-5-6-11-20)29(15-14-19-8-3-2-4-9-19)24(30)17-32-16-21-22(26)12-7-13-23(21)27/h2-4,7-9,12-13,18,20H,5-6,10-11,14-17H2,1H3,(H,28,31)/t18-/m0/s1. The zero-order valence-electron chi connectivity index (χ0n) is 18.4. The van der Waals surface area contributed by atoms with Gasteiger partial charge in [-0.25, -0.2) is 4.39 Å². The molecule has 0 spiro atoms. The number of hydrogen-bond acceptors (Lipinski definition) is 3. The average Bonchev–Trinajstić information content (AvgIpc) is 3.29. The molecule has 2 amide bonds. The van der Waals surface area contributed by atoms with E-state index in [1.54, 1.807) is 24.0 Å². The molecule has 1 aliphatic rings. The summed E-state index contributed by atoms with van der Waals surface area (Å²) in [6, 6.07) is 14.1. The van der Waals surface area contributed by atoms with Crippen molar-refractivity contribution in [3.8, 4) is 0 Å². The molecule has 1 fully saturated rings. The molecule has 0 heterocycles. The first-order valence-corrected chi connectivity index (χ1v) is 12.6. The van der Waals surface area contributed by atoms with Gasteiger partial charge in [0.1, 0.15) is 11.9 Å². The summed E-state index contributed by atoms with van der Waals surface area (Å²) in [7, 11) is 0. The summed E-state index contributed by atoms with van der Waals surface area (Å²) in [5.41, 5.74) is 1.51. The fraction of sp³-hybridized carbons (Fsp3) is 0.440. The molecule has 0 aromatic heterocycles. The van der Waals surface area contributed by atoms with Crippen molar-refractivity contribution >= 4 is 35.2 Å². The molecule has 1 atom stereocenters. The maximum atomic E-state index is 14.0. The van der Waals surface area contributed by atoms with Gasteiger partial charge in [-0.05, 0) is 43.9 Å². The second-order valence-electron chi connectivity index (χ2n) is 8.18. The molecule has 1 saturated carbocycles. The van der Waals surface area contributed by atoms with E-state index in [-0.39, 0.29) is 29.4 Å². The topological polar surface area (TPSA) is 49.4 Å². The molecule has 1 N–H and O–H groups in total. The highest BCUT2D eigenvalue weighted by Gasteiger charge is 2.28. The van der Waals surface area contributed by atoms with Crippen LogP contribution in [0.3, 0.4) is 0 Å². The van der Waals surface area contributed by atoms with Crippen LogP contribution in [0.25, 0.3) is 0 Å². The van der Waals surface area contributed by atoms with E-state index in [2.05, 4.69) is 5.32 Å². The van der Waals surface area contributed by atoms with Gasteiger partial charge in [0.05, 0.1) is 5.75 Å². The van der Waals surface area contributed by atoms with Crippen LogP contribution >= 0.6 is 23.4 Å². The van der Waals surface area contributed by atoms with Crippen molar-refractivity contribution in [3.63, 3.8) is 0 Å². The predicted octanol–water partition coefficient (Wildman–Crippen LogP) is 5.23. The zero-order chi connectivity index (χ0) is 22.9. The van der Waals surface area contributed by atoms with Gasteiger partial charge >= 0.3 is 0 Å². The smallest absolute Gasteiger partial charge is 0.242 e. The van der Waals surface area contributed by atoms with Gasteiger partial charge in [0.25, 0.3) is 0 Å². The van der Waals surface area contributed by atoms with E-state index in [4.69, 9.17) is 11.6 Å². The van der Waals surface area contributed by atoms with Crippen molar-refractivity contribution in [2.24, 2.45) is 0 Å². The Morgan fingerprint density at radius 1 is 1.16 bits per heavy atom. The first-order chi connectivity index (χ1) is 15.5. The summed E-state index contributed by atoms with van der Waals surface area (Å²) in [6.45, 7) is 2.23. The second-order valence-corrected chi connectivity index (χ2v) is 9.57. The van der Waals surface area contributed by atoms with Crippen molar-refractivity contribution in [3.05, 3.63) is 70.5 Å². The van der Waals surface area contributed by atoms with Gasteiger partial charge in [-0.1, -0.05) is 60.8 Å². The monoisotopic (exact) mass is 476 g/mol. The Morgan fingerprint density at radius 3 is 2.56 bits per heavy atom. The first kappa shape index (κ1) is 24.6. The van der Waals surface area contributed by atoms with Gasteiger partial charge in [-0.3, -0.25) is 9.59 Å². The lowest BCUT2D eigenvalue weighted by atomic mass is 10.1. The molecule has 0 saturated heterocycles. The van der Waals surface area contributed by atoms with Crippen LogP contribution in [0, 0.1) is 5.82 Å². The van der Waals surface area contributed by atoms with E-state index >= 15 is 0 Å². The molecule has 0 unspecified atom stereocenters. The summed E-state index contributed by atoms with van der Waals surface area (Å²) in [5, 5.41) is 3.46. The quantitative estimate of drug-likeness (QED) is 0.510. The van der Waals surface area contributed by atoms with Gasteiger partial charge in [0.2, 0.25) is 11.8 Å². The number of nitrogens with zero attached hydrogens (tertiary/aromatic N) is 1. The number of thioether (sulfide) groups is 1. The Hall–Kier alpha value is -2.05. The highest BCUT2D eigenvalue weighted by Crippen LogP contribution is 2.24. The van der Waals surface area contributed by atoms with Crippen molar-refractivity contribution in [1.82, 2.24) is 10.2 Å².